The van der Waals surface area contributed by atoms with Crippen molar-refractivity contribution in [1.29, 1.82) is 0 Å². The summed E-state index contributed by atoms with van der Waals surface area (Å²) in [6, 6.07) is 6.07. The molecule has 2 N–H and O–H groups in total. The van der Waals surface area contributed by atoms with Gasteiger partial charge in [-0.15, -0.1) is 5.10 Å². The zero-order chi connectivity index (χ0) is 19.3. The van der Waals surface area contributed by atoms with Gasteiger partial charge < -0.3 is 19.6 Å². The maximum Gasteiger partial charge on any atom is 0.316 e. The smallest absolute Gasteiger partial charge is 0.316 e. The molecule has 2 fully saturated rings. The molecule has 146 valence electrons. The SMILES string of the molecule is C[C@@H](Nc1nnc(-c2cc3ccc(F)cc3[nH]2)o1)C(=O)N1CCC2(CC1)CC2. The first kappa shape index (κ1) is 17.2. The molecule has 28 heavy (non-hydrogen) atoms. The summed E-state index contributed by atoms with van der Waals surface area (Å²) in [4.78, 5) is 17.7. The summed E-state index contributed by atoms with van der Waals surface area (Å²) in [7, 11) is 0. The summed E-state index contributed by atoms with van der Waals surface area (Å²) < 4.78 is 19.0. The second-order valence-electron chi connectivity index (χ2n) is 8.02. The van der Waals surface area contributed by atoms with Gasteiger partial charge in [-0.2, -0.15) is 0 Å². The topological polar surface area (TPSA) is 87.0 Å². The minimum Gasteiger partial charge on any atom is -0.402 e. The molecule has 0 unspecified atom stereocenters. The van der Waals surface area contributed by atoms with Gasteiger partial charge in [0.15, 0.2) is 0 Å². The standard InChI is InChI=1S/C20H22FN5O2/c1-12(18(27)26-8-6-20(4-5-20)7-9-26)22-19-25-24-17(28-19)16-10-13-2-3-14(21)11-15(13)23-16/h2-3,10-12,23H,4-9H2,1H3,(H,22,25)/t12-/m1/s1. The van der Waals surface area contributed by atoms with Crippen molar-refractivity contribution in [2.24, 2.45) is 5.41 Å². The zero-order valence-corrected chi connectivity index (χ0v) is 15.7. The molecule has 7 nitrogen and oxygen atoms in total. The maximum absolute atomic E-state index is 13.4. The predicted octanol–water partition coefficient (Wildman–Crippen LogP) is 3.56. The number of halogens is 1. The fraction of sp³-hybridized carbons (Fsp3) is 0.450. The van der Waals surface area contributed by atoms with Gasteiger partial charge in [0, 0.05) is 24.0 Å². The van der Waals surface area contributed by atoms with E-state index in [1.807, 2.05) is 11.0 Å². The first-order valence-electron chi connectivity index (χ1n) is 9.69. The lowest BCUT2D eigenvalue weighted by molar-refractivity contribution is -0.133. The number of aromatic amines is 1. The van der Waals surface area contributed by atoms with E-state index in [0.29, 0.717) is 16.6 Å². The van der Waals surface area contributed by atoms with Crippen LogP contribution in [0.2, 0.25) is 0 Å². The van der Waals surface area contributed by atoms with Crippen molar-refractivity contribution in [1.82, 2.24) is 20.1 Å². The Morgan fingerprint density at radius 3 is 2.79 bits per heavy atom. The third-order valence-corrected chi connectivity index (χ3v) is 6.04. The molecule has 2 aliphatic rings. The monoisotopic (exact) mass is 383 g/mol. The van der Waals surface area contributed by atoms with Crippen molar-refractivity contribution >= 4 is 22.8 Å². The summed E-state index contributed by atoms with van der Waals surface area (Å²) in [6.45, 7) is 3.45. The number of fused-ring (bicyclic) bond motifs is 1. The molecule has 3 heterocycles. The molecule has 8 heteroatoms. The Bertz CT molecular complexity index is 1030. The van der Waals surface area contributed by atoms with Crippen LogP contribution >= 0.6 is 0 Å². The average Bonchev–Trinajstić information content (AvgIpc) is 3.10. The van der Waals surface area contributed by atoms with E-state index in [0.717, 1.165) is 31.3 Å². The Morgan fingerprint density at radius 2 is 2.04 bits per heavy atom. The largest absolute Gasteiger partial charge is 0.402 e. The number of nitrogens with zero attached hydrogens (tertiary/aromatic N) is 3. The molecule has 0 radical (unpaired) electrons. The van der Waals surface area contributed by atoms with E-state index in [2.05, 4.69) is 20.5 Å². The second-order valence-corrected chi connectivity index (χ2v) is 8.02. The summed E-state index contributed by atoms with van der Waals surface area (Å²) in [5.74, 6) is 0.0233. The van der Waals surface area contributed by atoms with Crippen LogP contribution in [0.15, 0.2) is 28.7 Å². The van der Waals surface area contributed by atoms with Crippen LogP contribution in [0.4, 0.5) is 10.4 Å². The Labute approximate surface area is 161 Å². The Morgan fingerprint density at radius 1 is 1.25 bits per heavy atom. The average molecular weight is 383 g/mol. The maximum atomic E-state index is 13.4. The highest BCUT2D eigenvalue weighted by Gasteiger charge is 2.45. The predicted molar refractivity (Wildman–Crippen MR) is 102 cm³/mol. The number of hydrogen-bond donors (Lipinski definition) is 2. The van der Waals surface area contributed by atoms with E-state index >= 15 is 0 Å². The lowest BCUT2D eigenvalue weighted by Gasteiger charge is -2.33. The highest BCUT2D eigenvalue weighted by Crippen LogP contribution is 2.53. The Kier molecular flexibility index (Phi) is 3.89. The third-order valence-electron chi connectivity index (χ3n) is 6.04. The van der Waals surface area contributed by atoms with Gasteiger partial charge in [0.05, 0.1) is 0 Å². The third kappa shape index (κ3) is 3.12. The van der Waals surface area contributed by atoms with Crippen LogP contribution in [0.25, 0.3) is 22.5 Å². The van der Waals surface area contributed by atoms with Crippen LogP contribution in [0, 0.1) is 11.2 Å². The number of carbonyl (C=O) groups is 1. The summed E-state index contributed by atoms with van der Waals surface area (Å²) in [5.41, 5.74) is 1.80. The molecule has 0 bridgehead atoms. The van der Waals surface area contributed by atoms with Gasteiger partial charge in [0.2, 0.25) is 5.91 Å². The van der Waals surface area contributed by atoms with Gasteiger partial charge in [0.25, 0.3) is 5.89 Å². The fourth-order valence-electron chi connectivity index (χ4n) is 4.00. The number of H-pyrrole nitrogens is 1. The van der Waals surface area contributed by atoms with Crippen molar-refractivity contribution in [3.8, 4) is 11.6 Å². The molecule has 1 aliphatic carbocycles. The van der Waals surface area contributed by atoms with E-state index < -0.39 is 6.04 Å². The van der Waals surface area contributed by atoms with E-state index in [9.17, 15) is 9.18 Å². The van der Waals surface area contributed by atoms with Gasteiger partial charge >= 0.3 is 6.01 Å². The molecule has 1 spiro atoms. The number of anilines is 1. The van der Waals surface area contributed by atoms with Crippen LogP contribution < -0.4 is 5.32 Å². The van der Waals surface area contributed by atoms with Crippen molar-refractivity contribution in [3.05, 3.63) is 30.1 Å². The normalized spacial score (nSPS) is 19.1. The van der Waals surface area contributed by atoms with Crippen LogP contribution in [0.5, 0.6) is 0 Å². The van der Waals surface area contributed by atoms with Crippen molar-refractivity contribution < 1.29 is 13.6 Å². The van der Waals surface area contributed by atoms with Crippen molar-refractivity contribution in [2.45, 2.75) is 38.6 Å². The molecule has 1 amide bonds. The quantitative estimate of drug-likeness (QED) is 0.719. The van der Waals surface area contributed by atoms with Crippen LogP contribution in [0.3, 0.4) is 0 Å². The first-order chi connectivity index (χ1) is 13.5. The first-order valence-corrected chi connectivity index (χ1v) is 9.69. The lowest BCUT2D eigenvalue weighted by Crippen LogP contribution is -2.45. The number of aromatic nitrogens is 3. The van der Waals surface area contributed by atoms with Crippen molar-refractivity contribution in [3.63, 3.8) is 0 Å². The molecule has 1 saturated heterocycles. The van der Waals surface area contributed by atoms with Crippen LogP contribution in [-0.2, 0) is 4.79 Å². The molecule has 3 aromatic rings. The van der Waals surface area contributed by atoms with Crippen LogP contribution in [0.1, 0.15) is 32.6 Å². The van der Waals surface area contributed by atoms with Gasteiger partial charge in [-0.05, 0) is 62.3 Å². The fourth-order valence-corrected chi connectivity index (χ4v) is 4.00. The number of hydrogen-bond acceptors (Lipinski definition) is 5. The van der Waals surface area contributed by atoms with Gasteiger partial charge in [-0.1, -0.05) is 5.10 Å². The van der Waals surface area contributed by atoms with Crippen LogP contribution in [-0.4, -0.2) is 45.1 Å². The summed E-state index contributed by atoms with van der Waals surface area (Å²) in [6.07, 6.45) is 4.84. The molecule has 1 atom stereocenters. The number of amides is 1. The zero-order valence-electron chi connectivity index (χ0n) is 15.7. The molecular formula is C20H22FN5O2. The minimum atomic E-state index is -0.446. The number of benzene rings is 1. The molecule has 5 rings (SSSR count). The minimum absolute atomic E-state index is 0.0522. The number of carbonyl (C=O) groups excluding carboxylic acids is 1. The van der Waals surface area contributed by atoms with E-state index in [4.69, 9.17) is 4.42 Å². The number of piperidine rings is 1. The highest BCUT2D eigenvalue weighted by molar-refractivity contribution is 5.85. The van der Waals surface area contributed by atoms with E-state index in [1.54, 1.807) is 13.0 Å². The van der Waals surface area contributed by atoms with Crippen molar-refractivity contribution in [2.75, 3.05) is 18.4 Å². The Balaban J connectivity index is 1.25. The molecule has 2 aromatic heterocycles. The van der Waals surface area contributed by atoms with Gasteiger partial charge in [-0.25, -0.2) is 4.39 Å². The second kappa shape index (κ2) is 6.32. The number of nitrogens with one attached hydrogen (secondary N) is 2. The molecular weight excluding hydrogens is 361 g/mol. The molecule has 1 aliphatic heterocycles. The lowest BCUT2D eigenvalue weighted by atomic mass is 9.93. The number of rotatable bonds is 4. The van der Waals surface area contributed by atoms with Gasteiger partial charge in [0.1, 0.15) is 17.6 Å². The van der Waals surface area contributed by atoms with E-state index in [1.165, 1.54) is 25.0 Å². The highest BCUT2D eigenvalue weighted by atomic mass is 19.1. The Hall–Kier alpha value is -2.90. The molecule has 1 saturated carbocycles. The summed E-state index contributed by atoms with van der Waals surface area (Å²) >= 11 is 0. The van der Waals surface area contributed by atoms with Gasteiger partial charge in [-0.3, -0.25) is 4.79 Å². The summed E-state index contributed by atoms with van der Waals surface area (Å²) in [5, 5.41) is 11.9. The molecule has 1 aromatic carbocycles. The van der Waals surface area contributed by atoms with E-state index in [-0.39, 0.29) is 23.6 Å². The number of likely N-dealkylation sites (tertiary alicyclic amines) is 1.